The number of ether oxygens (including phenoxy) is 1. The number of carbonyl (C=O) groups is 1. The van der Waals surface area contributed by atoms with Crippen molar-refractivity contribution in [3.63, 3.8) is 0 Å². The van der Waals surface area contributed by atoms with Crippen molar-refractivity contribution in [3.8, 4) is 0 Å². The number of hydrogen-bond acceptors (Lipinski definition) is 3. The maximum atomic E-state index is 10.9. The second-order valence-electron chi connectivity index (χ2n) is 3.32. The summed E-state index contributed by atoms with van der Waals surface area (Å²) in [6, 6.07) is 0. The molecule has 0 unspecified atom stereocenters. The molecule has 1 rings (SSSR count). The van der Waals surface area contributed by atoms with Crippen LogP contribution in [0.15, 0.2) is 0 Å². The molecule has 12 heavy (non-hydrogen) atoms. The molecule has 0 radical (unpaired) electrons. The average molecular weight is 172 g/mol. The first-order valence-electron chi connectivity index (χ1n) is 4.29. The smallest absolute Gasteiger partial charge is 0.262 e. The molecule has 0 aromatic rings. The van der Waals surface area contributed by atoms with Gasteiger partial charge >= 0.3 is 0 Å². The van der Waals surface area contributed by atoms with Gasteiger partial charge in [-0.2, -0.15) is 0 Å². The van der Waals surface area contributed by atoms with Crippen molar-refractivity contribution in [1.29, 1.82) is 0 Å². The van der Waals surface area contributed by atoms with E-state index in [1.54, 1.807) is 0 Å². The maximum absolute atomic E-state index is 10.9. The molecule has 0 bridgehead atoms. The van der Waals surface area contributed by atoms with Crippen LogP contribution in [-0.4, -0.2) is 31.2 Å². The second kappa shape index (κ2) is 4.42. The molecule has 1 saturated carbocycles. The minimum Gasteiger partial charge on any atom is -0.371 e. The van der Waals surface area contributed by atoms with Crippen molar-refractivity contribution < 1.29 is 9.53 Å². The van der Waals surface area contributed by atoms with Crippen molar-refractivity contribution in [1.82, 2.24) is 5.01 Å². The first kappa shape index (κ1) is 9.48. The number of hydrogen-bond donors (Lipinski definition) is 1. The molecule has 0 saturated heterocycles. The van der Waals surface area contributed by atoms with Gasteiger partial charge in [-0.25, -0.2) is 5.84 Å². The van der Waals surface area contributed by atoms with E-state index in [1.165, 1.54) is 26.3 Å². The van der Waals surface area contributed by atoms with Gasteiger partial charge in [0.25, 0.3) is 5.91 Å². The molecule has 1 aliphatic rings. The van der Waals surface area contributed by atoms with Gasteiger partial charge in [-0.15, -0.1) is 0 Å². The van der Waals surface area contributed by atoms with E-state index >= 15 is 0 Å². The van der Waals surface area contributed by atoms with Crippen molar-refractivity contribution in [2.45, 2.75) is 19.3 Å². The van der Waals surface area contributed by atoms with Crippen LogP contribution in [0.3, 0.4) is 0 Å². The SMILES string of the molecule is CN(N)C(=O)COCC1CCC1. The highest BCUT2D eigenvalue weighted by Gasteiger charge is 2.17. The van der Waals surface area contributed by atoms with Gasteiger partial charge < -0.3 is 4.74 Å². The van der Waals surface area contributed by atoms with Crippen molar-refractivity contribution in [2.24, 2.45) is 11.8 Å². The van der Waals surface area contributed by atoms with E-state index in [4.69, 9.17) is 10.6 Å². The van der Waals surface area contributed by atoms with Gasteiger partial charge in [0.05, 0.1) is 6.61 Å². The Morgan fingerprint density at radius 3 is 2.75 bits per heavy atom. The predicted octanol–water partition coefficient (Wildman–Crippen LogP) is 0.135. The molecule has 0 atom stereocenters. The molecule has 1 aliphatic carbocycles. The Balaban J connectivity index is 1.97. The number of nitrogens with two attached hydrogens (primary N) is 1. The van der Waals surface area contributed by atoms with Crippen LogP contribution < -0.4 is 5.84 Å². The van der Waals surface area contributed by atoms with E-state index in [-0.39, 0.29) is 12.5 Å². The van der Waals surface area contributed by atoms with E-state index in [2.05, 4.69) is 0 Å². The molecular formula is C8H16N2O2. The Morgan fingerprint density at radius 1 is 1.67 bits per heavy atom. The Hall–Kier alpha value is -0.610. The molecule has 0 aliphatic heterocycles. The van der Waals surface area contributed by atoms with Gasteiger partial charge in [-0.05, 0) is 18.8 Å². The molecule has 70 valence electrons. The van der Waals surface area contributed by atoms with Crippen LogP contribution in [-0.2, 0) is 9.53 Å². The van der Waals surface area contributed by atoms with Crippen LogP contribution >= 0.6 is 0 Å². The summed E-state index contributed by atoms with van der Waals surface area (Å²) in [4.78, 5) is 10.9. The number of rotatable bonds is 4. The van der Waals surface area contributed by atoms with Gasteiger partial charge in [-0.1, -0.05) is 6.42 Å². The van der Waals surface area contributed by atoms with Crippen LogP contribution in [0.4, 0.5) is 0 Å². The normalized spacial score (nSPS) is 17.2. The van der Waals surface area contributed by atoms with Gasteiger partial charge in [0.1, 0.15) is 6.61 Å². The standard InChI is InChI=1S/C8H16N2O2/c1-10(9)8(11)6-12-5-7-3-2-4-7/h7H,2-6,9H2,1H3. The fraction of sp³-hybridized carbons (Fsp3) is 0.875. The summed E-state index contributed by atoms with van der Waals surface area (Å²) >= 11 is 0. The second-order valence-corrected chi connectivity index (χ2v) is 3.32. The monoisotopic (exact) mass is 172 g/mol. The Kier molecular flexibility index (Phi) is 3.49. The van der Waals surface area contributed by atoms with Gasteiger partial charge in [0.2, 0.25) is 0 Å². The van der Waals surface area contributed by atoms with E-state index < -0.39 is 0 Å². The van der Waals surface area contributed by atoms with Crippen LogP contribution in [0.2, 0.25) is 0 Å². The summed E-state index contributed by atoms with van der Waals surface area (Å²) in [6.45, 7) is 0.822. The largest absolute Gasteiger partial charge is 0.371 e. The first-order chi connectivity index (χ1) is 5.70. The Morgan fingerprint density at radius 2 is 2.33 bits per heavy atom. The summed E-state index contributed by atoms with van der Waals surface area (Å²) in [5.74, 6) is 5.71. The summed E-state index contributed by atoms with van der Waals surface area (Å²) in [7, 11) is 1.52. The van der Waals surface area contributed by atoms with Crippen molar-refractivity contribution in [3.05, 3.63) is 0 Å². The minimum atomic E-state index is -0.172. The average Bonchev–Trinajstić information content (AvgIpc) is 1.93. The lowest BCUT2D eigenvalue weighted by molar-refractivity contribution is -0.135. The highest BCUT2D eigenvalue weighted by Crippen LogP contribution is 2.26. The summed E-state index contributed by atoms with van der Waals surface area (Å²) in [5, 5.41) is 1.06. The molecular weight excluding hydrogens is 156 g/mol. The third-order valence-corrected chi connectivity index (χ3v) is 2.20. The molecule has 2 N–H and O–H groups in total. The van der Waals surface area contributed by atoms with E-state index in [1.807, 2.05) is 0 Å². The van der Waals surface area contributed by atoms with E-state index in [9.17, 15) is 4.79 Å². The van der Waals surface area contributed by atoms with E-state index in [0.717, 1.165) is 5.01 Å². The summed E-state index contributed by atoms with van der Waals surface area (Å²) in [5.41, 5.74) is 0. The van der Waals surface area contributed by atoms with Crippen molar-refractivity contribution >= 4 is 5.91 Å². The van der Waals surface area contributed by atoms with Gasteiger partial charge in [0, 0.05) is 7.05 Å². The molecule has 1 fully saturated rings. The lowest BCUT2D eigenvalue weighted by Crippen LogP contribution is -2.36. The lowest BCUT2D eigenvalue weighted by atomic mass is 9.86. The zero-order chi connectivity index (χ0) is 8.97. The Labute approximate surface area is 72.6 Å². The van der Waals surface area contributed by atoms with Crippen LogP contribution in [0.5, 0.6) is 0 Å². The molecule has 4 nitrogen and oxygen atoms in total. The third kappa shape index (κ3) is 2.79. The highest BCUT2D eigenvalue weighted by atomic mass is 16.5. The molecule has 1 amide bonds. The highest BCUT2D eigenvalue weighted by molar-refractivity contribution is 5.76. The summed E-state index contributed by atoms with van der Waals surface area (Å²) < 4.78 is 5.19. The van der Waals surface area contributed by atoms with Crippen LogP contribution in [0, 0.1) is 5.92 Å². The van der Waals surface area contributed by atoms with Crippen molar-refractivity contribution in [2.75, 3.05) is 20.3 Å². The zero-order valence-corrected chi connectivity index (χ0v) is 7.45. The number of nitrogens with zero attached hydrogens (tertiary/aromatic N) is 1. The maximum Gasteiger partial charge on any atom is 0.262 e. The van der Waals surface area contributed by atoms with E-state index in [0.29, 0.717) is 12.5 Å². The topological polar surface area (TPSA) is 55.6 Å². The zero-order valence-electron chi connectivity index (χ0n) is 7.45. The first-order valence-corrected chi connectivity index (χ1v) is 4.29. The molecule has 4 heteroatoms. The quantitative estimate of drug-likeness (QED) is 0.372. The fourth-order valence-corrected chi connectivity index (χ4v) is 1.07. The molecule has 0 spiro atoms. The van der Waals surface area contributed by atoms with Crippen LogP contribution in [0.25, 0.3) is 0 Å². The lowest BCUT2D eigenvalue weighted by Gasteiger charge is -2.24. The Bertz CT molecular complexity index is 155. The number of likely N-dealkylation sites (N-methyl/N-ethyl adjacent to an activating group) is 1. The van der Waals surface area contributed by atoms with Gasteiger partial charge in [0.15, 0.2) is 0 Å². The molecule has 0 aromatic heterocycles. The number of carbonyl (C=O) groups excluding carboxylic acids is 1. The number of hydrazine groups is 1. The minimum absolute atomic E-state index is 0.115. The van der Waals surface area contributed by atoms with Crippen LogP contribution in [0.1, 0.15) is 19.3 Å². The molecule has 0 aromatic carbocycles. The number of amides is 1. The third-order valence-electron chi connectivity index (χ3n) is 2.20. The molecule has 0 heterocycles. The predicted molar refractivity (Wildman–Crippen MR) is 45.1 cm³/mol. The van der Waals surface area contributed by atoms with Gasteiger partial charge in [-0.3, -0.25) is 9.80 Å². The summed E-state index contributed by atoms with van der Waals surface area (Å²) in [6.07, 6.45) is 3.79. The fourth-order valence-electron chi connectivity index (χ4n) is 1.07.